The molecule has 0 bridgehead atoms. The summed E-state index contributed by atoms with van der Waals surface area (Å²) < 4.78 is 32.0. The Morgan fingerprint density at radius 2 is 1.97 bits per heavy atom. The number of nitriles is 1. The van der Waals surface area contributed by atoms with Gasteiger partial charge in [-0.15, -0.1) is 0 Å². The van der Waals surface area contributed by atoms with Crippen molar-refractivity contribution in [2.75, 3.05) is 0 Å². The molecule has 0 fully saturated rings. The molecule has 4 rings (SSSR count). The number of fused-ring (bicyclic) bond motifs is 1. The Balaban J connectivity index is 1.75. The highest BCUT2D eigenvalue weighted by Gasteiger charge is 2.15. The Hall–Kier alpha value is -3.86. The lowest BCUT2D eigenvalue weighted by Crippen LogP contribution is -2.06. The standard InChI is InChI=1S/C21H15F2N5O/c1-13-18(8-14-4-2-3-5-19(14)29-21(22)23)28-12-17(26-11-20(28)27-13)15-6-7-16(9-24)25-10-15/h2-7,10-12,21H,8H2,1H3. The highest BCUT2D eigenvalue weighted by atomic mass is 19.3. The van der Waals surface area contributed by atoms with Crippen LogP contribution in [0.25, 0.3) is 16.9 Å². The number of ether oxygens (including phenoxy) is 1. The van der Waals surface area contributed by atoms with Gasteiger partial charge < -0.3 is 4.74 Å². The molecule has 0 aliphatic carbocycles. The lowest BCUT2D eigenvalue weighted by atomic mass is 10.1. The molecule has 8 heteroatoms. The van der Waals surface area contributed by atoms with Crippen LogP contribution < -0.4 is 4.74 Å². The molecule has 0 aliphatic heterocycles. The minimum Gasteiger partial charge on any atom is -0.435 e. The van der Waals surface area contributed by atoms with Crippen molar-refractivity contribution in [3.05, 3.63) is 77.6 Å². The van der Waals surface area contributed by atoms with Crippen LogP contribution in [0.1, 0.15) is 22.6 Å². The van der Waals surface area contributed by atoms with Crippen LogP contribution in [-0.4, -0.2) is 26.0 Å². The maximum Gasteiger partial charge on any atom is 0.387 e. The highest BCUT2D eigenvalue weighted by molar-refractivity contribution is 5.59. The number of imidazole rings is 1. The average molecular weight is 391 g/mol. The molecule has 0 radical (unpaired) electrons. The number of halogens is 2. The summed E-state index contributed by atoms with van der Waals surface area (Å²) in [6, 6.07) is 12.1. The van der Waals surface area contributed by atoms with Crippen LogP contribution in [0, 0.1) is 18.3 Å². The van der Waals surface area contributed by atoms with Gasteiger partial charge in [0.25, 0.3) is 0 Å². The second-order valence-corrected chi connectivity index (χ2v) is 6.35. The number of benzene rings is 1. The molecule has 144 valence electrons. The van der Waals surface area contributed by atoms with Crippen molar-refractivity contribution in [2.24, 2.45) is 0 Å². The molecule has 4 aromatic rings. The Bertz CT molecular complexity index is 1210. The van der Waals surface area contributed by atoms with E-state index in [9.17, 15) is 8.78 Å². The van der Waals surface area contributed by atoms with Crippen molar-refractivity contribution in [1.29, 1.82) is 5.26 Å². The molecule has 0 unspecified atom stereocenters. The second kappa shape index (κ2) is 7.64. The van der Waals surface area contributed by atoms with Crippen LogP contribution >= 0.6 is 0 Å². The number of para-hydroxylation sites is 1. The molecule has 0 aliphatic rings. The van der Waals surface area contributed by atoms with E-state index in [1.807, 2.05) is 23.6 Å². The third kappa shape index (κ3) is 3.75. The van der Waals surface area contributed by atoms with E-state index >= 15 is 0 Å². The molecule has 3 aromatic heterocycles. The quantitative estimate of drug-likeness (QED) is 0.511. The molecule has 3 heterocycles. The van der Waals surface area contributed by atoms with Gasteiger partial charge in [-0.3, -0.25) is 9.38 Å². The molecule has 29 heavy (non-hydrogen) atoms. The number of aryl methyl sites for hydroxylation is 1. The predicted molar refractivity (Wildman–Crippen MR) is 102 cm³/mol. The molecule has 1 aromatic carbocycles. The smallest absolute Gasteiger partial charge is 0.387 e. The Morgan fingerprint density at radius 3 is 2.69 bits per heavy atom. The van der Waals surface area contributed by atoms with Gasteiger partial charge >= 0.3 is 6.61 Å². The molecular formula is C21H15F2N5O. The van der Waals surface area contributed by atoms with Crippen LogP contribution in [0.15, 0.2) is 55.0 Å². The molecule has 0 saturated carbocycles. The molecule has 0 atom stereocenters. The van der Waals surface area contributed by atoms with Gasteiger partial charge in [-0.1, -0.05) is 18.2 Å². The summed E-state index contributed by atoms with van der Waals surface area (Å²) in [5.74, 6) is 0.141. The first kappa shape index (κ1) is 18.5. The first-order valence-corrected chi connectivity index (χ1v) is 8.78. The summed E-state index contributed by atoms with van der Waals surface area (Å²) in [6.45, 7) is -1.03. The van der Waals surface area contributed by atoms with Gasteiger partial charge in [0.05, 0.1) is 23.3 Å². The Kier molecular flexibility index (Phi) is 4.87. The van der Waals surface area contributed by atoms with Gasteiger partial charge in [0.1, 0.15) is 17.5 Å². The summed E-state index contributed by atoms with van der Waals surface area (Å²) >= 11 is 0. The third-order valence-electron chi connectivity index (χ3n) is 4.53. The van der Waals surface area contributed by atoms with E-state index in [-0.39, 0.29) is 5.75 Å². The fourth-order valence-corrected chi connectivity index (χ4v) is 3.14. The van der Waals surface area contributed by atoms with Gasteiger partial charge in [0.15, 0.2) is 5.65 Å². The first-order valence-electron chi connectivity index (χ1n) is 8.78. The molecule has 0 amide bonds. The fourth-order valence-electron chi connectivity index (χ4n) is 3.14. The van der Waals surface area contributed by atoms with E-state index in [1.165, 1.54) is 6.07 Å². The van der Waals surface area contributed by atoms with Crippen LogP contribution in [0.5, 0.6) is 5.75 Å². The normalized spacial score (nSPS) is 11.0. The van der Waals surface area contributed by atoms with E-state index in [4.69, 9.17) is 5.26 Å². The van der Waals surface area contributed by atoms with Crippen molar-refractivity contribution >= 4 is 5.65 Å². The van der Waals surface area contributed by atoms with E-state index in [0.29, 0.717) is 29.0 Å². The summed E-state index contributed by atoms with van der Waals surface area (Å²) in [5.41, 5.74) is 4.63. The second-order valence-electron chi connectivity index (χ2n) is 6.35. The molecular weight excluding hydrogens is 376 g/mol. The lowest BCUT2D eigenvalue weighted by molar-refractivity contribution is -0.0503. The number of alkyl halides is 2. The average Bonchev–Trinajstić information content (AvgIpc) is 3.03. The van der Waals surface area contributed by atoms with Crippen molar-refractivity contribution < 1.29 is 13.5 Å². The van der Waals surface area contributed by atoms with Crippen LogP contribution in [0.4, 0.5) is 8.78 Å². The minimum absolute atomic E-state index is 0.141. The highest BCUT2D eigenvalue weighted by Crippen LogP contribution is 2.26. The van der Waals surface area contributed by atoms with Crippen LogP contribution in [0.2, 0.25) is 0 Å². The summed E-state index contributed by atoms with van der Waals surface area (Å²) in [4.78, 5) is 13.0. The van der Waals surface area contributed by atoms with Crippen molar-refractivity contribution in [3.63, 3.8) is 0 Å². The first-order chi connectivity index (χ1) is 14.0. The molecule has 0 N–H and O–H groups in total. The molecule has 0 spiro atoms. The summed E-state index contributed by atoms with van der Waals surface area (Å²) in [6.07, 6.45) is 5.42. The van der Waals surface area contributed by atoms with E-state index in [0.717, 1.165) is 17.0 Å². The molecule has 0 saturated heterocycles. The minimum atomic E-state index is -2.89. The maximum absolute atomic E-state index is 12.7. The zero-order valence-corrected chi connectivity index (χ0v) is 15.4. The zero-order chi connectivity index (χ0) is 20.4. The van der Waals surface area contributed by atoms with Crippen molar-refractivity contribution in [1.82, 2.24) is 19.4 Å². The number of pyridine rings is 1. The van der Waals surface area contributed by atoms with Gasteiger partial charge in [0.2, 0.25) is 0 Å². The van der Waals surface area contributed by atoms with E-state index in [2.05, 4.69) is 19.7 Å². The number of rotatable bonds is 5. The summed E-state index contributed by atoms with van der Waals surface area (Å²) in [7, 11) is 0. The summed E-state index contributed by atoms with van der Waals surface area (Å²) in [5, 5.41) is 8.90. The largest absolute Gasteiger partial charge is 0.435 e. The number of hydrogen-bond acceptors (Lipinski definition) is 5. The Labute approximate surface area is 165 Å². The van der Waals surface area contributed by atoms with E-state index < -0.39 is 6.61 Å². The topological polar surface area (TPSA) is 76.1 Å². The predicted octanol–water partition coefficient (Wildman–Crippen LogP) is 4.16. The van der Waals surface area contributed by atoms with Crippen LogP contribution in [0.3, 0.4) is 0 Å². The van der Waals surface area contributed by atoms with E-state index in [1.54, 1.807) is 42.7 Å². The van der Waals surface area contributed by atoms with Gasteiger partial charge in [0, 0.05) is 29.9 Å². The maximum atomic E-state index is 12.7. The van der Waals surface area contributed by atoms with Crippen LogP contribution in [-0.2, 0) is 6.42 Å². The fraction of sp³-hybridized carbons (Fsp3) is 0.143. The third-order valence-corrected chi connectivity index (χ3v) is 4.53. The SMILES string of the molecule is Cc1nc2cnc(-c3ccc(C#N)nc3)cn2c1Cc1ccccc1OC(F)F. The van der Waals surface area contributed by atoms with Gasteiger partial charge in [-0.25, -0.2) is 9.97 Å². The lowest BCUT2D eigenvalue weighted by Gasteiger charge is -2.11. The number of aromatic nitrogens is 4. The van der Waals surface area contributed by atoms with Crippen molar-refractivity contribution in [3.8, 4) is 23.1 Å². The monoisotopic (exact) mass is 391 g/mol. The van der Waals surface area contributed by atoms with Gasteiger partial charge in [-0.2, -0.15) is 14.0 Å². The van der Waals surface area contributed by atoms with Gasteiger partial charge in [-0.05, 0) is 25.1 Å². The zero-order valence-electron chi connectivity index (χ0n) is 15.4. The number of nitrogens with zero attached hydrogens (tertiary/aromatic N) is 5. The number of hydrogen-bond donors (Lipinski definition) is 0. The van der Waals surface area contributed by atoms with Crippen molar-refractivity contribution in [2.45, 2.75) is 20.0 Å². The molecule has 6 nitrogen and oxygen atoms in total. The Morgan fingerprint density at radius 1 is 1.14 bits per heavy atom.